The summed E-state index contributed by atoms with van der Waals surface area (Å²) >= 11 is 5.89. The number of Topliss-reactive ketones (excluding diaryl/α,β-unsaturated/α-hetero) is 1. The number of amides is 1. The van der Waals surface area contributed by atoms with Gasteiger partial charge in [0, 0.05) is 29.1 Å². The van der Waals surface area contributed by atoms with Crippen LogP contribution in [0.2, 0.25) is 5.02 Å². The van der Waals surface area contributed by atoms with Crippen LogP contribution in [0.15, 0.2) is 42.5 Å². The van der Waals surface area contributed by atoms with Crippen molar-refractivity contribution in [1.82, 2.24) is 0 Å². The van der Waals surface area contributed by atoms with Gasteiger partial charge in [-0.25, -0.2) is 0 Å². The normalized spacial score (nSPS) is 10.3. The topological polar surface area (TPSA) is 55.4 Å². The molecule has 0 radical (unpaired) electrons. The fourth-order valence-electron chi connectivity index (χ4n) is 2.26. The Morgan fingerprint density at radius 2 is 1.79 bits per heavy atom. The number of aryl methyl sites for hydroxylation is 1. The molecule has 2 rings (SSSR count). The van der Waals surface area contributed by atoms with Crippen molar-refractivity contribution in [3.05, 3.63) is 58.6 Å². The third-order valence-electron chi connectivity index (χ3n) is 3.53. The summed E-state index contributed by atoms with van der Waals surface area (Å²) in [6.07, 6.45) is 0.292. The van der Waals surface area contributed by atoms with Gasteiger partial charge in [-0.1, -0.05) is 11.6 Å². The lowest BCUT2D eigenvalue weighted by Gasteiger charge is -2.08. The Labute approximate surface area is 146 Å². The minimum atomic E-state index is -0.195. The van der Waals surface area contributed by atoms with E-state index in [0.717, 1.165) is 11.3 Å². The lowest BCUT2D eigenvalue weighted by molar-refractivity contribution is -0.116. The molecule has 2 aromatic rings. The number of anilines is 1. The summed E-state index contributed by atoms with van der Waals surface area (Å²) in [7, 11) is 0. The summed E-state index contributed by atoms with van der Waals surface area (Å²) in [5.74, 6) is 0.464. The van der Waals surface area contributed by atoms with Crippen molar-refractivity contribution in [3.63, 3.8) is 0 Å². The average molecular weight is 346 g/mol. The smallest absolute Gasteiger partial charge is 0.224 e. The van der Waals surface area contributed by atoms with E-state index in [1.807, 2.05) is 13.8 Å². The van der Waals surface area contributed by atoms with Crippen molar-refractivity contribution in [3.8, 4) is 5.75 Å². The summed E-state index contributed by atoms with van der Waals surface area (Å²) < 4.78 is 5.34. The highest BCUT2D eigenvalue weighted by atomic mass is 35.5. The monoisotopic (exact) mass is 345 g/mol. The molecule has 0 atom stereocenters. The Morgan fingerprint density at radius 3 is 2.42 bits per heavy atom. The molecule has 4 nitrogen and oxygen atoms in total. The molecule has 1 amide bonds. The van der Waals surface area contributed by atoms with E-state index in [1.54, 1.807) is 42.5 Å². The highest BCUT2D eigenvalue weighted by molar-refractivity contribution is 6.30. The molecular formula is C19H20ClNO3. The van der Waals surface area contributed by atoms with Gasteiger partial charge in [-0.3, -0.25) is 9.59 Å². The van der Waals surface area contributed by atoms with Gasteiger partial charge in [0.15, 0.2) is 5.78 Å². The zero-order valence-corrected chi connectivity index (χ0v) is 14.5. The van der Waals surface area contributed by atoms with Crippen molar-refractivity contribution in [2.45, 2.75) is 26.7 Å². The molecule has 24 heavy (non-hydrogen) atoms. The van der Waals surface area contributed by atoms with Gasteiger partial charge in [0.05, 0.1) is 6.61 Å². The molecular weight excluding hydrogens is 326 g/mol. The molecule has 2 aromatic carbocycles. The molecule has 0 aromatic heterocycles. The first kappa shape index (κ1) is 18.0. The number of halogens is 1. The maximum Gasteiger partial charge on any atom is 0.224 e. The van der Waals surface area contributed by atoms with E-state index in [-0.39, 0.29) is 24.5 Å². The van der Waals surface area contributed by atoms with Gasteiger partial charge in [-0.05, 0) is 61.9 Å². The number of hydrogen-bond acceptors (Lipinski definition) is 3. The van der Waals surface area contributed by atoms with E-state index in [2.05, 4.69) is 5.32 Å². The second-order valence-electron chi connectivity index (χ2n) is 5.39. The van der Waals surface area contributed by atoms with E-state index >= 15 is 0 Å². The van der Waals surface area contributed by atoms with Crippen LogP contribution in [0, 0.1) is 6.92 Å². The van der Waals surface area contributed by atoms with Crippen molar-refractivity contribution in [2.75, 3.05) is 11.9 Å². The standard InChI is InChI=1S/C19H20ClNO3/c1-3-24-16-7-4-14(5-8-16)18(22)10-11-19(23)21-17-9-6-15(20)12-13(17)2/h4-9,12H,3,10-11H2,1-2H3,(H,21,23). The van der Waals surface area contributed by atoms with E-state index < -0.39 is 0 Å². The van der Waals surface area contributed by atoms with Crippen LogP contribution in [0.25, 0.3) is 0 Å². The second kappa shape index (κ2) is 8.50. The van der Waals surface area contributed by atoms with Gasteiger partial charge in [0.25, 0.3) is 0 Å². The minimum absolute atomic E-state index is 0.0685. The minimum Gasteiger partial charge on any atom is -0.494 e. The lowest BCUT2D eigenvalue weighted by atomic mass is 10.1. The average Bonchev–Trinajstić information content (AvgIpc) is 2.56. The fourth-order valence-corrected chi connectivity index (χ4v) is 2.48. The predicted octanol–water partition coefficient (Wildman–Crippen LogP) is 4.65. The Morgan fingerprint density at radius 1 is 1.08 bits per heavy atom. The van der Waals surface area contributed by atoms with Crippen molar-refractivity contribution < 1.29 is 14.3 Å². The van der Waals surface area contributed by atoms with Crippen LogP contribution in [0.4, 0.5) is 5.69 Å². The first-order valence-corrected chi connectivity index (χ1v) is 8.19. The van der Waals surface area contributed by atoms with Crippen molar-refractivity contribution in [1.29, 1.82) is 0 Å². The molecule has 0 aliphatic carbocycles. The van der Waals surface area contributed by atoms with E-state index in [0.29, 0.717) is 22.9 Å². The molecule has 0 unspecified atom stereocenters. The molecule has 126 valence electrons. The Balaban J connectivity index is 1.87. The van der Waals surface area contributed by atoms with Crippen LogP contribution < -0.4 is 10.1 Å². The SMILES string of the molecule is CCOc1ccc(C(=O)CCC(=O)Nc2ccc(Cl)cc2C)cc1. The molecule has 0 saturated heterocycles. The number of carbonyl (C=O) groups excluding carboxylic acids is 2. The van der Waals surface area contributed by atoms with Gasteiger partial charge < -0.3 is 10.1 Å². The maximum atomic E-state index is 12.1. The highest BCUT2D eigenvalue weighted by Crippen LogP contribution is 2.20. The zero-order valence-electron chi connectivity index (χ0n) is 13.8. The highest BCUT2D eigenvalue weighted by Gasteiger charge is 2.11. The molecule has 0 fully saturated rings. The third-order valence-corrected chi connectivity index (χ3v) is 3.76. The molecule has 0 bridgehead atoms. The molecule has 0 aliphatic heterocycles. The summed E-state index contributed by atoms with van der Waals surface area (Å²) in [6, 6.07) is 12.2. The maximum absolute atomic E-state index is 12.1. The Bertz CT molecular complexity index is 726. The van der Waals surface area contributed by atoms with Crippen LogP contribution in [0.1, 0.15) is 35.7 Å². The second-order valence-corrected chi connectivity index (χ2v) is 5.82. The summed E-state index contributed by atoms with van der Waals surface area (Å²) in [6.45, 7) is 4.35. The quantitative estimate of drug-likeness (QED) is 0.743. The fraction of sp³-hybridized carbons (Fsp3) is 0.263. The molecule has 5 heteroatoms. The third kappa shape index (κ3) is 5.10. The van der Waals surface area contributed by atoms with Gasteiger partial charge >= 0.3 is 0 Å². The Kier molecular flexibility index (Phi) is 6.38. The molecule has 0 heterocycles. The number of benzene rings is 2. The number of rotatable bonds is 7. The van der Waals surface area contributed by atoms with Crippen molar-refractivity contribution >= 4 is 29.0 Å². The number of nitrogens with one attached hydrogen (secondary N) is 1. The number of carbonyl (C=O) groups is 2. The lowest BCUT2D eigenvalue weighted by Crippen LogP contribution is -2.14. The first-order chi connectivity index (χ1) is 11.5. The Hall–Kier alpha value is -2.33. The van der Waals surface area contributed by atoms with Gasteiger partial charge in [-0.15, -0.1) is 0 Å². The van der Waals surface area contributed by atoms with Crippen LogP contribution in [0.5, 0.6) is 5.75 Å². The zero-order chi connectivity index (χ0) is 17.5. The van der Waals surface area contributed by atoms with Gasteiger partial charge in [0.1, 0.15) is 5.75 Å². The predicted molar refractivity (Wildman–Crippen MR) is 96.0 cm³/mol. The number of ether oxygens (including phenoxy) is 1. The molecule has 0 saturated carbocycles. The number of ketones is 1. The van der Waals surface area contributed by atoms with E-state index in [9.17, 15) is 9.59 Å². The summed E-state index contributed by atoms with van der Waals surface area (Å²) in [5.41, 5.74) is 2.17. The molecule has 1 N–H and O–H groups in total. The van der Waals surface area contributed by atoms with Crippen LogP contribution >= 0.6 is 11.6 Å². The van der Waals surface area contributed by atoms with Crippen molar-refractivity contribution in [2.24, 2.45) is 0 Å². The largest absolute Gasteiger partial charge is 0.494 e. The first-order valence-electron chi connectivity index (χ1n) is 7.81. The summed E-state index contributed by atoms with van der Waals surface area (Å²) in [4.78, 5) is 24.2. The summed E-state index contributed by atoms with van der Waals surface area (Å²) in [5, 5.41) is 3.42. The molecule has 0 spiro atoms. The van der Waals surface area contributed by atoms with Gasteiger partial charge in [0.2, 0.25) is 5.91 Å². The van der Waals surface area contributed by atoms with E-state index in [4.69, 9.17) is 16.3 Å². The molecule has 0 aliphatic rings. The van der Waals surface area contributed by atoms with Crippen LogP contribution in [-0.4, -0.2) is 18.3 Å². The van der Waals surface area contributed by atoms with E-state index in [1.165, 1.54) is 0 Å². The van der Waals surface area contributed by atoms with Crippen LogP contribution in [0.3, 0.4) is 0 Å². The number of hydrogen-bond donors (Lipinski definition) is 1. The van der Waals surface area contributed by atoms with Gasteiger partial charge in [-0.2, -0.15) is 0 Å². The van der Waals surface area contributed by atoms with Crippen LogP contribution in [-0.2, 0) is 4.79 Å².